The summed E-state index contributed by atoms with van der Waals surface area (Å²) in [5.74, 6) is -1.15. The summed E-state index contributed by atoms with van der Waals surface area (Å²) < 4.78 is 0. The topological polar surface area (TPSA) is 54.4 Å². The largest absolute Gasteiger partial charge is 0.478 e. The standard InChI is InChI=1S/C9H7ClO3/c1-5-2-3-6(9(12)13)7(4-5)8(10)11/h2-4H,1H3,(H,12,13). The normalized spacial score (nSPS) is 9.69. The fourth-order valence-corrected chi connectivity index (χ4v) is 1.16. The highest BCUT2D eigenvalue weighted by molar-refractivity contribution is 6.68. The molecule has 0 spiro atoms. The van der Waals surface area contributed by atoms with Crippen molar-refractivity contribution in [2.45, 2.75) is 6.92 Å². The molecular formula is C9H7ClO3. The molecule has 0 aliphatic heterocycles. The lowest BCUT2D eigenvalue weighted by Gasteiger charge is -2.01. The summed E-state index contributed by atoms with van der Waals surface area (Å²) in [7, 11) is 0. The van der Waals surface area contributed by atoms with E-state index in [2.05, 4.69) is 0 Å². The molecule has 0 bridgehead atoms. The predicted octanol–water partition coefficient (Wildman–Crippen LogP) is 2.07. The van der Waals surface area contributed by atoms with Crippen molar-refractivity contribution in [3.8, 4) is 0 Å². The van der Waals surface area contributed by atoms with Crippen molar-refractivity contribution in [2.75, 3.05) is 0 Å². The molecule has 68 valence electrons. The molecule has 0 radical (unpaired) electrons. The van der Waals surface area contributed by atoms with Crippen LogP contribution in [0.25, 0.3) is 0 Å². The number of carbonyl (C=O) groups excluding carboxylic acids is 1. The summed E-state index contributed by atoms with van der Waals surface area (Å²) in [4.78, 5) is 21.5. The minimum absolute atomic E-state index is 0.0363. The van der Waals surface area contributed by atoms with E-state index < -0.39 is 11.2 Å². The second-order valence-corrected chi connectivity index (χ2v) is 2.97. The molecule has 0 aliphatic rings. The van der Waals surface area contributed by atoms with Crippen LogP contribution in [-0.2, 0) is 0 Å². The van der Waals surface area contributed by atoms with E-state index in [0.29, 0.717) is 0 Å². The van der Waals surface area contributed by atoms with Crippen molar-refractivity contribution < 1.29 is 14.7 Å². The smallest absolute Gasteiger partial charge is 0.336 e. The van der Waals surface area contributed by atoms with Crippen molar-refractivity contribution >= 4 is 22.8 Å². The predicted molar refractivity (Wildman–Crippen MR) is 48.3 cm³/mol. The molecule has 0 unspecified atom stereocenters. The maximum absolute atomic E-state index is 10.8. The van der Waals surface area contributed by atoms with Gasteiger partial charge in [-0.2, -0.15) is 0 Å². The van der Waals surface area contributed by atoms with Crippen LogP contribution in [0.5, 0.6) is 0 Å². The Morgan fingerprint density at radius 3 is 2.38 bits per heavy atom. The van der Waals surface area contributed by atoms with Crippen LogP contribution in [-0.4, -0.2) is 16.3 Å². The maximum atomic E-state index is 10.8. The number of carbonyl (C=O) groups is 2. The number of benzene rings is 1. The minimum Gasteiger partial charge on any atom is -0.478 e. The van der Waals surface area contributed by atoms with E-state index in [1.165, 1.54) is 12.1 Å². The van der Waals surface area contributed by atoms with Gasteiger partial charge in [0.1, 0.15) is 0 Å². The second kappa shape index (κ2) is 3.58. The molecule has 1 aromatic carbocycles. The highest BCUT2D eigenvalue weighted by Gasteiger charge is 2.14. The SMILES string of the molecule is Cc1ccc(C(=O)O)c(C(=O)Cl)c1. The fraction of sp³-hybridized carbons (Fsp3) is 0.111. The third kappa shape index (κ3) is 2.06. The van der Waals surface area contributed by atoms with Gasteiger partial charge in [-0.05, 0) is 30.7 Å². The lowest BCUT2D eigenvalue weighted by molar-refractivity contribution is 0.0693. The number of halogens is 1. The Labute approximate surface area is 79.9 Å². The van der Waals surface area contributed by atoms with E-state index >= 15 is 0 Å². The first kappa shape index (κ1) is 9.74. The molecule has 0 atom stereocenters. The Bertz CT molecular complexity index is 371. The van der Waals surface area contributed by atoms with Gasteiger partial charge in [-0.1, -0.05) is 11.6 Å². The highest BCUT2D eigenvalue weighted by Crippen LogP contribution is 2.14. The lowest BCUT2D eigenvalue weighted by atomic mass is 10.1. The van der Waals surface area contributed by atoms with Gasteiger partial charge < -0.3 is 5.11 Å². The van der Waals surface area contributed by atoms with Gasteiger partial charge in [0.2, 0.25) is 0 Å². The molecule has 0 saturated heterocycles. The minimum atomic E-state index is -1.15. The lowest BCUT2D eigenvalue weighted by Crippen LogP contribution is -2.04. The monoisotopic (exact) mass is 198 g/mol. The van der Waals surface area contributed by atoms with Crippen molar-refractivity contribution in [1.82, 2.24) is 0 Å². The van der Waals surface area contributed by atoms with Gasteiger partial charge in [-0.25, -0.2) is 4.79 Å². The number of hydrogen-bond acceptors (Lipinski definition) is 2. The van der Waals surface area contributed by atoms with E-state index in [-0.39, 0.29) is 11.1 Å². The first-order valence-corrected chi connectivity index (χ1v) is 3.94. The molecule has 3 nitrogen and oxygen atoms in total. The molecule has 1 N–H and O–H groups in total. The Morgan fingerprint density at radius 2 is 1.92 bits per heavy atom. The van der Waals surface area contributed by atoms with Crippen molar-refractivity contribution in [3.63, 3.8) is 0 Å². The van der Waals surface area contributed by atoms with Crippen LogP contribution in [0.2, 0.25) is 0 Å². The molecule has 0 heterocycles. The molecule has 13 heavy (non-hydrogen) atoms. The van der Waals surface area contributed by atoms with Gasteiger partial charge in [0.05, 0.1) is 5.56 Å². The van der Waals surface area contributed by atoms with Crippen LogP contribution < -0.4 is 0 Å². The number of rotatable bonds is 2. The fourth-order valence-electron chi connectivity index (χ4n) is 1.01. The van der Waals surface area contributed by atoms with Crippen molar-refractivity contribution in [2.24, 2.45) is 0 Å². The van der Waals surface area contributed by atoms with Crippen LogP contribution in [0.3, 0.4) is 0 Å². The molecule has 0 fully saturated rings. The Morgan fingerprint density at radius 1 is 1.31 bits per heavy atom. The van der Waals surface area contributed by atoms with E-state index in [0.717, 1.165) is 5.56 Å². The molecule has 0 aliphatic carbocycles. The van der Waals surface area contributed by atoms with Gasteiger partial charge >= 0.3 is 5.97 Å². The number of carboxylic acid groups (broad SMARTS) is 1. The van der Waals surface area contributed by atoms with Crippen LogP contribution >= 0.6 is 11.6 Å². The summed E-state index contributed by atoms with van der Waals surface area (Å²) in [6, 6.07) is 4.44. The molecule has 0 amide bonds. The van der Waals surface area contributed by atoms with E-state index in [9.17, 15) is 9.59 Å². The summed E-state index contributed by atoms with van der Waals surface area (Å²) in [6.45, 7) is 1.76. The summed E-state index contributed by atoms with van der Waals surface area (Å²) >= 11 is 5.22. The summed E-state index contributed by atoms with van der Waals surface area (Å²) in [6.07, 6.45) is 0. The van der Waals surface area contributed by atoms with Crippen molar-refractivity contribution in [3.05, 3.63) is 34.9 Å². The highest BCUT2D eigenvalue weighted by atomic mass is 35.5. The molecule has 4 heteroatoms. The van der Waals surface area contributed by atoms with Crippen LogP contribution in [0.1, 0.15) is 26.3 Å². The van der Waals surface area contributed by atoms with E-state index in [1.807, 2.05) is 0 Å². The van der Waals surface area contributed by atoms with Crippen molar-refractivity contribution in [1.29, 1.82) is 0 Å². The molecule has 1 aromatic rings. The summed E-state index contributed by atoms with van der Waals surface area (Å²) in [5.41, 5.74) is 0.772. The number of aryl methyl sites for hydroxylation is 1. The third-order valence-electron chi connectivity index (χ3n) is 1.62. The number of aromatic carboxylic acids is 1. The van der Waals surface area contributed by atoms with Crippen LogP contribution in [0, 0.1) is 6.92 Å². The zero-order valence-electron chi connectivity index (χ0n) is 6.87. The van der Waals surface area contributed by atoms with Gasteiger partial charge in [0.25, 0.3) is 5.24 Å². The average molecular weight is 199 g/mol. The molecular weight excluding hydrogens is 192 g/mol. The zero-order chi connectivity index (χ0) is 10.0. The third-order valence-corrected chi connectivity index (χ3v) is 1.82. The van der Waals surface area contributed by atoms with E-state index in [1.54, 1.807) is 13.0 Å². The Kier molecular flexibility index (Phi) is 2.68. The molecule has 1 rings (SSSR count). The van der Waals surface area contributed by atoms with Crippen LogP contribution in [0.4, 0.5) is 0 Å². The Balaban J connectivity index is 3.35. The summed E-state index contributed by atoms with van der Waals surface area (Å²) in [5, 5.41) is 7.95. The zero-order valence-corrected chi connectivity index (χ0v) is 7.63. The van der Waals surface area contributed by atoms with Gasteiger partial charge in [0.15, 0.2) is 0 Å². The second-order valence-electron chi connectivity index (χ2n) is 2.63. The Hall–Kier alpha value is -1.35. The van der Waals surface area contributed by atoms with Gasteiger partial charge in [0, 0.05) is 5.56 Å². The van der Waals surface area contributed by atoms with Gasteiger partial charge in [-0.15, -0.1) is 0 Å². The number of hydrogen-bond donors (Lipinski definition) is 1. The first-order chi connectivity index (χ1) is 6.02. The van der Waals surface area contributed by atoms with Crippen LogP contribution in [0.15, 0.2) is 18.2 Å². The van der Waals surface area contributed by atoms with Gasteiger partial charge in [-0.3, -0.25) is 4.79 Å². The molecule has 0 aromatic heterocycles. The average Bonchev–Trinajstić information content (AvgIpc) is 2.03. The van der Waals surface area contributed by atoms with E-state index in [4.69, 9.17) is 16.7 Å². The quantitative estimate of drug-likeness (QED) is 0.741. The number of carboxylic acids is 1. The first-order valence-electron chi connectivity index (χ1n) is 3.56. The molecule has 0 saturated carbocycles. The maximum Gasteiger partial charge on any atom is 0.336 e.